The molecule has 0 aliphatic rings. The van der Waals surface area contributed by atoms with E-state index in [2.05, 4.69) is 16.2 Å². The molecule has 0 atom stereocenters. The van der Waals surface area contributed by atoms with E-state index in [1.807, 2.05) is 19.9 Å². The number of rotatable bonds is 3. The first-order valence-electron chi connectivity index (χ1n) is 5.77. The van der Waals surface area contributed by atoms with Gasteiger partial charge in [0.15, 0.2) is 0 Å². The highest BCUT2D eigenvalue weighted by Crippen LogP contribution is 2.18. The molecule has 0 saturated heterocycles. The van der Waals surface area contributed by atoms with Crippen LogP contribution in [0.3, 0.4) is 0 Å². The summed E-state index contributed by atoms with van der Waals surface area (Å²) in [7, 11) is 0. The number of hydrogen-bond acceptors (Lipinski definition) is 4. The molecule has 0 bridgehead atoms. The van der Waals surface area contributed by atoms with Crippen molar-refractivity contribution in [1.29, 1.82) is 5.26 Å². The number of nitriles is 1. The number of aromatic nitrogens is 3. The van der Waals surface area contributed by atoms with Crippen molar-refractivity contribution in [2.75, 3.05) is 0 Å². The lowest BCUT2D eigenvalue weighted by molar-refractivity contribution is 0.0683. The lowest BCUT2D eigenvalue weighted by Crippen LogP contribution is -2.06. The average Bonchev–Trinajstić information content (AvgIpc) is 2.82. The molecule has 0 fully saturated rings. The van der Waals surface area contributed by atoms with Gasteiger partial charge in [0, 0.05) is 6.42 Å². The van der Waals surface area contributed by atoms with E-state index < -0.39 is 5.97 Å². The molecule has 0 amide bonds. The van der Waals surface area contributed by atoms with Crippen LogP contribution in [0.25, 0.3) is 5.69 Å². The summed E-state index contributed by atoms with van der Waals surface area (Å²) in [5, 5.41) is 22.1. The molecule has 0 aliphatic carbocycles. The van der Waals surface area contributed by atoms with Crippen molar-refractivity contribution >= 4 is 5.97 Å². The first-order chi connectivity index (χ1) is 9.08. The zero-order chi connectivity index (χ0) is 14.0. The van der Waals surface area contributed by atoms with Crippen LogP contribution < -0.4 is 0 Å². The van der Waals surface area contributed by atoms with Gasteiger partial charge in [0.25, 0.3) is 5.82 Å². The van der Waals surface area contributed by atoms with Gasteiger partial charge in [0.2, 0.25) is 0 Å². The molecule has 0 spiro atoms. The molecule has 0 aliphatic heterocycles. The SMILES string of the molecule is CCc1nc(C(=O)O)nn1-c1cccc(C)c1C#N. The van der Waals surface area contributed by atoms with E-state index >= 15 is 0 Å². The fourth-order valence-electron chi connectivity index (χ4n) is 1.83. The van der Waals surface area contributed by atoms with Crippen LogP contribution in [0.1, 0.15) is 34.5 Å². The average molecular weight is 256 g/mol. The summed E-state index contributed by atoms with van der Waals surface area (Å²) in [6.07, 6.45) is 0.527. The maximum Gasteiger partial charge on any atom is 0.375 e. The van der Waals surface area contributed by atoms with E-state index in [-0.39, 0.29) is 5.82 Å². The fraction of sp³-hybridized carbons (Fsp3) is 0.231. The molecular weight excluding hydrogens is 244 g/mol. The molecule has 6 nitrogen and oxygen atoms in total. The molecule has 6 heteroatoms. The van der Waals surface area contributed by atoms with Gasteiger partial charge >= 0.3 is 5.97 Å². The summed E-state index contributed by atoms with van der Waals surface area (Å²) in [4.78, 5) is 14.9. The summed E-state index contributed by atoms with van der Waals surface area (Å²) in [5.74, 6) is -0.929. The smallest absolute Gasteiger partial charge is 0.375 e. The highest BCUT2D eigenvalue weighted by molar-refractivity contribution is 5.83. The number of carboxylic acid groups (broad SMARTS) is 1. The highest BCUT2D eigenvalue weighted by atomic mass is 16.4. The van der Waals surface area contributed by atoms with Gasteiger partial charge in [-0.1, -0.05) is 19.1 Å². The Balaban J connectivity index is 2.69. The van der Waals surface area contributed by atoms with Crippen molar-refractivity contribution in [2.45, 2.75) is 20.3 Å². The van der Waals surface area contributed by atoms with E-state index in [9.17, 15) is 10.1 Å². The molecular formula is C13H12N4O2. The lowest BCUT2D eigenvalue weighted by atomic mass is 10.1. The first-order valence-corrected chi connectivity index (χ1v) is 5.77. The standard InChI is InChI=1S/C13H12N4O2/c1-3-11-15-12(13(18)19)16-17(11)10-6-4-5-8(2)9(10)7-14/h4-6H,3H2,1-2H3,(H,18,19). The third-order valence-electron chi connectivity index (χ3n) is 2.77. The Kier molecular flexibility index (Phi) is 3.29. The van der Waals surface area contributed by atoms with Gasteiger partial charge in [0.1, 0.15) is 11.9 Å². The van der Waals surface area contributed by atoms with Gasteiger partial charge < -0.3 is 5.11 Å². The Hall–Kier alpha value is -2.68. The number of aryl methyl sites for hydroxylation is 2. The van der Waals surface area contributed by atoms with Gasteiger partial charge in [-0.3, -0.25) is 0 Å². The molecule has 2 aromatic rings. The topological polar surface area (TPSA) is 91.8 Å². The Bertz CT molecular complexity index is 682. The predicted molar refractivity (Wildman–Crippen MR) is 67.1 cm³/mol. The second-order valence-corrected chi connectivity index (χ2v) is 4.00. The number of carboxylic acids is 1. The molecule has 1 N–H and O–H groups in total. The monoisotopic (exact) mass is 256 g/mol. The van der Waals surface area contributed by atoms with Crippen LogP contribution in [0.4, 0.5) is 0 Å². The van der Waals surface area contributed by atoms with Crippen LogP contribution in [0, 0.1) is 18.3 Å². The van der Waals surface area contributed by atoms with Crippen molar-refractivity contribution in [3.63, 3.8) is 0 Å². The minimum Gasteiger partial charge on any atom is -0.475 e. The zero-order valence-corrected chi connectivity index (χ0v) is 10.6. The number of nitrogens with zero attached hydrogens (tertiary/aromatic N) is 4. The molecule has 0 unspecified atom stereocenters. The van der Waals surface area contributed by atoms with Gasteiger partial charge in [-0.15, -0.1) is 5.10 Å². The fourth-order valence-corrected chi connectivity index (χ4v) is 1.83. The van der Waals surface area contributed by atoms with Gasteiger partial charge in [-0.05, 0) is 18.6 Å². The summed E-state index contributed by atoms with van der Waals surface area (Å²) >= 11 is 0. The van der Waals surface area contributed by atoms with Crippen molar-refractivity contribution in [2.24, 2.45) is 0 Å². The molecule has 0 saturated carbocycles. The molecule has 2 rings (SSSR count). The molecule has 96 valence electrons. The molecule has 1 aromatic heterocycles. The maximum absolute atomic E-state index is 10.9. The zero-order valence-electron chi connectivity index (χ0n) is 10.6. The van der Waals surface area contributed by atoms with Crippen LogP contribution in [0.2, 0.25) is 0 Å². The third-order valence-corrected chi connectivity index (χ3v) is 2.77. The maximum atomic E-state index is 10.9. The Morgan fingerprint density at radius 2 is 2.26 bits per heavy atom. The molecule has 0 radical (unpaired) electrons. The van der Waals surface area contributed by atoms with Gasteiger partial charge in [0.05, 0.1) is 11.3 Å². The second-order valence-electron chi connectivity index (χ2n) is 4.00. The van der Waals surface area contributed by atoms with E-state index in [0.29, 0.717) is 23.5 Å². The van der Waals surface area contributed by atoms with E-state index in [1.54, 1.807) is 12.1 Å². The number of carbonyl (C=O) groups is 1. The summed E-state index contributed by atoms with van der Waals surface area (Å²) in [5.41, 5.74) is 1.84. The van der Waals surface area contributed by atoms with Crippen molar-refractivity contribution in [3.8, 4) is 11.8 Å². The molecule has 1 aromatic carbocycles. The second kappa shape index (κ2) is 4.90. The van der Waals surface area contributed by atoms with E-state index in [4.69, 9.17) is 5.11 Å². The van der Waals surface area contributed by atoms with Crippen LogP contribution in [0.5, 0.6) is 0 Å². The Labute approximate surface area is 109 Å². The minimum atomic E-state index is -1.18. The minimum absolute atomic E-state index is 0.262. The van der Waals surface area contributed by atoms with Gasteiger partial charge in [-0.2, -0.15) is 5.26 Å². The number of benzene rings is 1. The quantitative estimate of drug-likeness (QED) is 0.902. The number of hydrogen-bond donors (Lipinski definition) is 1. The van der Waals surface area contributed by atoms with Crippen molar-refractivity contribution in [1.82, 2.24) is 14.8 Å². The van der Waals surface area contributed by atoms with Gasteiger partial charge in [-0.25, -0.2) is 14.5 Å². The predicted octanol–water partition coefficient (Wildman–Crippen LogP) is 1.71. The largest absolute Gasteiger partial charge is 0.475 e. The first kappa shape index (κ1) is 12.8. The normalized spacial score (nSPS) is 10.2. The molecule has 1 heterocycles. The van der Waals surface area contributed by atoms with Crippen LogP contribution in [0.15, 0.2) is 18.2 Å². The third kappa shape index (κ3) is 2.18. The summed E-state index contributed by atoms with van der Waals surface area (Å²) in [6, 6.07) is 7.46. The van der Waals surface area contributed by atoms with Crippen LogP contribution in [-0.2, 0) is 6.42 Å². The Morgan fingerprint density at radius 1 is 1.53 bits per heavy atom. The highest BCUT2D eigenvalue weighted by Gasteiger charge is 2.17. The van der Waals surface area contributed by atoms with Crippen LogP contribution in [-0.4, -0.2) is 25.8 Å². The van der Waals surface area contributed by atoms with Crippen LogP contribution >= 0.6 is 0 Å². The summed E-state index contributed by atoms with van der Waals surface area (Å²) in [6.45, 7) is 3.68. The Morgan fingerprint density at radius 3 is 2.84 bits per heavy atom. The van der Waals surface area contributed by atoms with E-state index in [0.717, 1.165) is 5.56 Å². The number of aromatic carboxylic acids is 1. The van der Waals surface area contributed by atoms with Crippen molar-refractivity contribution in [3.05, 3.63) is 41.0 Å². The lowest BCUT2D eigenvalue weighted by Gasteiger charge is -2.08. The summed E-state index contributed by atoms with van der Waals surface area (Å²) < 4.78 is 1.43. The molecule has 19 heavy (non-hydrogen) atoms. The van der Waals surface area contributed by atoms with Crippen molar-refractivity contribution < 1.29 is 9.90 Å². The van der Waals surface area contributed by atoms with E-state index in [1.165, 1.54) is 4.68 Å².